The van der Waals surface area contributed by atoms with Crippen LogP contribution in [0.15, 0.2) is 40.7 Å². The molecule has 112 valence electrons. The first-order valence-corrected chi connectivity index (χ1v) is 6.52. The highest BCUT2D eigenvalue weighted by molar-refractivity contribution is 6.05. The zero-order valence-electron chi connectivity index (χ0n) is 12.0. The fourth-order valence-corrected chi connectivity index (χ4v) is 1.54. The Kier molecular flexibility index (Phi) is 6.26. The van der Waals surface area contributed by atoms with Gasteiger partial charge in [-0.1, -0.05) is 19.1 Å². The zero-order chi connectivity index (χ0) is 15.8. The minimum absolute atomic E-state index is 0.0625. The van der Waals surface area contributed by atoms with Crippen LogP contribution in [0.1, 0.15) is 25.8 Å². The van der Waals surface area contributed by atoms with Gasteiger partial charge in [-0.3, -0.25) is 9.79 Å². The first-order chi connectivity index (χ1) is 9.99. The van der Waals surface area contributed by atoms with Gasteiger partial charge in [0.15, 0.2) is 11.5 Å². The molecule has 1 aromatic carbocycles. The third kappa shape index (κ3) is 4.83. The summed E-state index contributed by atoms with van der Waals surface area (Å²) >= 11 is 0. The van der Waals surface area contributed by atoms with Crippen LogP contribution in [0.25, 0.3) is 0 Å². The van der Waals surface area contributed by atoms with Gasteiger partial charge in [-0.15, -0.1) is 0 Å². The number of carbonyl (C=O) groups excluding carboxylic acids is 1. The lowest BCUT2D eigenvalue weighted by molar-refractivity contribution is -0.117. The minimum Gasteiger partial charge on any atom is -0.504 e. The molecule has 0 aliphatic rings. The molecule has 0 heterocycles. The second-order valence-electron chi connectivity index (χ2n) is 4.23. The highest BCUT2D eigenvalue weighted by Gasteiger charge is 2.16. The molecular formula is C15H18FN3O2. The van der Waals surface area contributed by atoms with Crippen LogP contribution in [0.5, 0.6) is 0 Å². The molecule has 0 aliphatic heterocycles. The molecule has 5 nitrogen and oxygen atoms in total. The van der Waals surface area contributed by atoms with Crippen molar-refractivity contribution in [2.45, 2.75) is 26.8 Å². The Labute approximate surface area is 122 Å². The van der Waals surface area contributed by atoms with E-state index in [9.17, 15) is 14.3 Å². The SMILES string of the molecule is CC=N/C(C(=O)NCc1ccc(F)cc1)=C(/O)C(=N)CC. The molecule has 0 radical (unpaired) electrons. The van der Waals surface area contributed by atoms with Crippen LogP contribution in [0.2, 0.25) is 0 Å². The smallest absolute Gasteiger partial charge is 0.274 e. The summed E-state index contributed by atoms with van der Waals surface area (Å²) in [4.78, 5) is 15.8. The molecular weight excluding hydrogens is 273 g/mol. The molecule has 0 atom stereocenters. The van der Waals surface area contributed by atoms with Crippen LogP contribution >= 0.6 is 0 Å². The lowest BCUT2D eigenvalue weighted by Crippen LogP contribution is -2.26. The third-order valence-corrected chi connectivity index (χ3v) is 2.70. The Bertz CT molecular complexity index is 577. The molecule has 0 saturated heterocycles. The molecule has 0 aromatic heterocycles. The Morgan fingerprint density at radius 3 is 2.57 bits per heavy atom. The van der Waals surface area contributed by atoms with Gasteiger partial charge in [0.1, 0.15) is 5.82 Å². The van der Waals surface area contributed by atoms with Crippen molar-refractivity contribution in [1.29, 1.82) is 5.41 Å². The number of nitrogens with zero attached hydrogens (tertiary/aromatic N) is 1. The number of hydrogen-bond donors (Lipinski definition) is 3. The van der Waals surface area contributed by atoms with E-state index >= 15 is 0 Å². The normalized spacial score (nSPS) is 12.1. The summed E-state index contributed by atoms with van der Waals surface area (Å²) < 4.78 is 12.8. The van der Waals surface area contributed by atoms with Crippen molar-refractivity contribution in [3.05, 3.63) is 47.1 Å². The van der Waals surface area contributed by atoms with Gasteiger partial charge in [0.25, 0.3) is 5.91 Å². The number of aliphatic hydroxyl groups excluding tert-OH is 1. The lowest BCUT2D eigenvalue weighted by atomic mass is 10.2. The predicted octanol–water partition coefficient (Wildman–Crippen LogP) is 2.73. The summed E-state index contributed by atoms with van der Waals surface area (Å²) in [6.45, 7) is 3.48. The maximum Gasteiger partial charge on any atom is 0.274 e. The molecule has 1 amide bonds. The average Bonchev–Trinajstić information content (AvgIpc) is 2.50. The van der Waals surface area contributed by atoms with E-state index in [0.29, 0.717) is 6.42 Å². The number of amides is 1. The molecule has 3 N–H and O–H groups in total. The van der Waals surface area contributed by atoms with Crippen LogP contribution in [0.3, 0.4) is 0 Å². The van der Waals surface area contributed by atoms with Crippen LogP contribution in [0, 0.1) is 11.2 Å². The standard InChI is InChI=1S/C15H18FN3O2/c1-3-12(17)14(20)13(18-4-2)15(21)19-9-10-5-7-11(16)8-6-10/h4-8,17,20H,3,9H2,1-2H3,(H,19,21)/b14-13+,17-12?,18-4?. The van der Waals surface area contributed by atoms with E-state index in [-0.39, 0.29) is 23.8 Å². The van der Waals surface area contributed by atoms with Crippen molar-refractivity contribution in [2.24, 2.45) is 4.99 Å². The fraction of sp³-hybridized carbons (Fsp3) is 0.267. The molecule has 1 rings (SSSR count). The Morgan fingerprint density at radius 2 is 2.05 bits per heavy atom. The van der Waals surface area contributed by atoms with Crippen molar-refractivity contribution in [3.8, 4) is 0 Å². The fourth-order valence-electron chi connectivity index (χ4n) is 1.54. The summed E-state index contributed by atoms with van der Waals surface area (Å²) in [5, 5.41) is 20.0. The second-order valence-corrected chi connectivity index (χ2v) is 4.23. The topological polar surface area (TPSA) is 85.5 Å². The number of aliphatic hydroxyl groups is 1. The van der Waals surface area contributed by atoms with Gasteiger partial charge in [-0.2, -0.15) is 0 Å². The van der Waals surface area contributed by atoms with Gasteiger partial charge in [-0.25, -0.2) is 4.39 Å². The number of nitrogens with one attached hydrogen (secondary N) is 2. The Morgan fingerprint density at radius 1 is 1.43 bits per heavy atom. The van der Waals surface area contributed by atoms with Crippen LogP contribution in [-0.4, -0.2) is 22.9 Å². The molecule has 0 unspecified atom stereocenters. The minimum atomic E-state index is -0.590. The van der Waals surface area contributed by atoms with E-state index in [1.165, 1.54) is 18.3 Å². The molecule has 21 heavy (non-hydrogen) atoms. The Balaban J connectivity index is 2.83. The van der Waals surface area contributed by atoms with E-state index in [1.807, 2.05) is 0 Å². The summed E-state index contributed by atoms with van der Waals surface area (Å²) in [6.07, 6.45) is 1.66. The zero-order valence-corrected chi connectivity index (χ0v) is 12.0. The monoisotopic (exact) mass is 291 g/mol. The molecule has 0 spiro atoms. The predicted molar refractivity (Wildman–Crippen MR) is 80.1 cm³/mol. The van der Waals surface area contributed by atoms with E-state index in [0.717, 1.165) is 5.56 Å². The molecule has 0 bridgehead atoms. The van der Waals surface area contributed by atoms with Gasteiger partial charge in [-0.05, 0) is 31.0 Å². The summed E-state index contributed by atoms with van der Waals surface area (Å²) in [6, 6.07) is 5.70. The molecule has 0 saturated carbocycles. The van der Waals surface area contributed by atoms with Crippen LogP contribution in [-0.2, 0) is 11.3 Å². The average molecular weight is 291 g/mol. The van der Waals surface area contributed by atoms with Crippen molar-refractivity contribution in [3.63, 3.8) is 0 Å². The first kappa shape index (κ1) is 16.6. The van der Waals surface area contributed by atoms with E-state index in [4.69, 9.17) is 5.41 Å². The van der Waals surface area contributed by atoms with Crippen molar-refractivity contribution < 1.29 is 14.3 Å². The lowest BCUT2D eigenvalue weighted by Gasteiger charge is -2.08. The van der Waals surface area contributed by atoms with E-state index < -0.39 is 11.7 Å². The third-order valence-electron chi connectivity index (χ3n) is 2.70. The maximum absolute atomic E-state index is 12.8. The van der Waals surface area contributed by atoms with E-state index in [2.05, 4.69) is 10.3 Å². The maximum atomic E-state index is 12.8. The molecule has 6 heteroatoms. The number of hydrogen-bond acceptors (Lipinski definition) is 4. The summed E-state index contributed by atoms with van der Waals surface area (Å²) in [5.74, 6) is -1.38. The van der Waals surface area contributed by atoms with Gasteiger partial charge >= 0.3 is 0 Å². The van der Waals surface area contributed by atoms with Gasteiger partial charge in [0, 0.05) is 12.8 Å². The quantitative estimate of drug-likeness (QED) is 0.427. The van der Waals surface area contributed by atoms with Crippen molar-refractivity contribution in [1.82, 2.24) is 5.32 Å². The number of carbonyl (C=O) groups is 1. The van der Waals surface area contributed by atoms with E-state index in [1.54, 1.807) is 26.0 Å². The highest BCUT2D eigenvalue weighted by atomic mass is 19.1. The second kappa shape index (κ2) is 7.94. The number of rotatable bonds is 6. The van der Waals surface area contributed by atoms with Crippen molar-refractivity contribution in [2.75, 3.05) is 0 Å². The van der Waals surface area contributed by atoms with Gasteiger partial charge in [0.05, 0.1) is 5.71 Å². The summed E-state index contributed by atoms with van der Waals surface area (Å²) in [5.41, 5.74) is 0.452. The van der Waals surface area contributed by atoms with Gasteiger partial charge in [0.2, 0.25) is 0 Å². The van der Waals surface area contributed by atoms with Gasteiger partial charge < -0.3 is 15.8 Å². The molecule has 1 aromatic rings. The Hall–Kier alpha value is -2.50. The number of halogens is 1. The molecule has 0 aliphatic carbocycles. The van der Waals surface area contributed by atoms with Crippen LogP contribution < -0.4 is 5.32 Å². The first-order valence-electron chi connectivity index (χ1n) is 6.52. The largest absolute Gasteiger partial charge is 0.504 e. The summed E-state index contributed by atoms with van der Waals surface area (Å²) in [7, 11) is 0. The number of aliphatic imine (C=N–C) groups is 1. The number of benzene rings is 1. The molecule has 0 fully saturated rings. The van der Waals surface area contributed by atoms with Crippen molar-refractivity contribution >= 4 is 17.8 Å². The van der Waals surface area contributed by atoms with Crippen LogP contribution in [0.4, 0.5) is 4.39 Å². The number of allylic oxidation sites excluding steroid dienone is 1. The highest BCUT2D eigenvalue weighted by Crippen LogP contribution is 2.08.